The van der Waals surface area contributed by atoms with E-state index in [0.717, 1.165) is 6.42 Å². The Morgan fingerprint density at radius 3 is 2.71 bits per heavy atom. The second kappa shape index (κ2) is 3.02. The smallest absolute Gasteiger partial charge is 0.373 e. The zero-order valence-electron chi connectivity index (χ0n) is 7.47. The minimum atomic E-state index is -1.17. The van der Waals surface area contributed by atoms with E-state index >= 15 is 0 Å². The summed E-state index contributed by atoms with van der Waals surface area (Å²) in [5.74, 6) is -1.43. The minimum Gasteiger partial charge on any atom is -0.475 e. The Bertz CT molecular complexity index is 374. The van der Waals surface area contributed by atoms with E-state index in [1.165, 1.54) is 6.20 Å². The fraction of sp³-hybridized carbons (Fsp3) is 0.444. The number of hydrogen-bond acceptors (Lipinski definition) is 4. The van der Waals surface area contributed by atoms with Crippen molar-refractivity contribution in [3.8, 4) is 0 Å². The summed E-state index contributed by atoms with van der Waals surface area (Å²) in [6.45, 7) is 0. The average molecular weight is 194 g/mol. The lowest BCUT2D eigenvalue weighted by molar-refractivity contribution is -0.0428. The molecule has 0 unspecified atom stereocenters. The van der Waals surface area contributed by atoms with Crippen molar-refractivity contribution >= 4 is 5.97 Å². The molecule has 1 aliphatic rings. The molecule has 1 heterocycles. The van der Waals surface area contributed by atoms with Gasteiger partial charge in [-0.15, -0.1) is 0 Å². The summed E-state index contributed by atoms with van der Waals surface area (Å²) >= 11 is 0. The van der Waals surface area contributed by atoms with Gasteiger partial charge < -0.3 is 10.2 Å². The van der Waals surface area contributed by atoms with Crippen LogP contribution in [0.5, 0.6) is 0 Å². The molecule has 1 aromatic heterocycles. The summed E-state index contributed by atoms with van der Waals surface area (Å²) in [6.07, 6.45) is 3.59. The topological polar surface area (TPSA) is 83.3 Å². The molecule has 0 amide bonds. The van der Waals surface area contributed by atoms with Crippen LogP contribution in [0, 0.1) is 0 Å². The highest BCUT2D eigenvalue weighted by Gasteiger charge is 2.38. The summed E-state index contributed by atoms with van der Waals surface area (Å²) in [5.41, 5.74) is -0.510. The molecule has 74 valence electrons. The summed E-state index contributed by atoms with van der Waals surface area (Å²) in [4.78, 5) is 18.0. The third-order valence-corrected chi connectivity index (χ3v) is 2.50. The van der Waals surface area contributed by atoms with Crippen LogP contribution in [0.2, 0.25) is 0 Å². The predicted molar refractivity (Wildman–Crippen MR) is 46.7 cm³/mol. The quantitative estimate of drug-likeness (QED) is 0.718. The van der Waals surface area contributed by atoms with E-state index in [1.54, 1.807) is 6.07 Å². The second-order valence-electron chi connectivity index (χ2n) is 3.46. The van der Waals surface area contributed by atoms with Crippen LogP contribution in [0.15, 0.2) is 12.3 Å². The number of hydrogen-bond donors (Lipinski definition) is 2. The summed E-state index contributed by atoms with van der Waals surface area (Å²) in [5, 5.41) is 18.6. The summed E-state index contributed by atoms with van der Waals surface area (Å²) in [6, 6.07) is 1.56. The van der Waals surface area contributed by atoms with Crippen molar-refractivity contribution in [1.82, 2.24) is 9.97 Å². The molecule has 0 radical (unpaired) electrons. The number of aromatic carboxylic acids is 1. The first kappa shape index (κ1) is 9.08. The van der Waals surface area contributed by atoms with Crippen molar-refractivity contribution in [1.29, 1.82) is 0 Å². The SMILES string of the molecule is O=C(O)c1nccc(C2(O)CCC2)n1. The summed E-state index contributed by atoms with van der Waals surface area (Å²) in [7, 11) is 0. The summed E-state index contributed by atoms with van der Waals surface area (Å²) < 4.78 is 0. The van der Waals surface area contributed by atoms with Gasteiger partial charge in [-0.1, -0.05) is 0 Å². The van der Waals surface area contributed by atoms with Crippen LogP contribution in [0.4, 0.5) is 0 Å². The largest absolute Gasteiger partial charge is 0.475 e. The van der Waals surface area contributed by atoms with Crippen LogP contribution in [-0.2, 0) is 5.60 Å². The Kier molecular flexibility index (Phi) is 1.96. The molecule has 1 aliphatic carbocycles. The first-order valence-electron chi connectivity index (χ1n) is 4.41. The second-order valence-corrected chi connectivity index (χ2v) is 3.46. The molecule has 1 aromatic rings. The molecule has 5 heteroatoms. The van der Waals surface area contributed by atoms with Crippen LogP contribution in [0.1, 0.15) is 35.6 Å². The Labute approximate surface area is 80.4 Å². The van der Waals surface area contributed by atoms with Crippen molar-refractivity contribution in [2.75, 3.05) is 0 Å². The fourth-order valence-electron chi connectivity index (χ4n) is 1.49. The van der Waals surface area contributed by atoms with Crippen molar-refractivity contribution in [2.24, 2.45) is 0 Å². The van der Waals surface area contributed by atoms with Gasteiger partial charge >= 0.3 is 5.97 Å². The van der Waals surface area contributed by atoms with E-state index < -0.39 is 11.6 Å². The standard InChI is InChI=1S/C9H10N2O3/c12-8(13)7-10-5-2-6(11-7)9(14)3-1-4-9/h2,5,14H,1,3-4H2,(H,12,13). The normalized spacial score (nSPS) is 18.6. The van der Waals surface area contributed by atoms with Gasteiger partial charge in [0.2, 0.25) is 5.82 Å². The molecule has 14 heavy (non-hydrogen) atoms. The molecule has 0 atom stereocenters. The van der Waals surface area contributed by atoms with Crippen LogP contribution in [0.3, 0.4) is 0 Å². The lowest BCUT2D eigenvalue weighted by Gasteiger charge is -2.35. The van der Waals surface area contributed by atoms with E-state index in [-0.39, 0.29) is 5.82 Å². The Morgan fingerprint density at radius 2 is 2.21 bits per heavy atom. The van der Waals surface area contributed by atoms with Gasteiger partial charge in [0.05, 0.1) is 5.69 Å². The number of nitrogens with zero attached hydrogens (tertiary/aromatic N) is 2. The molecule has 5 nitrogen and oxygen atoms in total. The van der Waals surface area contributed by atoms with Gasteiger partial charge in [-0.3, -0.25) is 0 Å². The minimum absolute atomic E-state index is 0.261. The number of carbonyl (C=O) groups is 1. The third-order valence-electron chi connectivity index (χ3n) is 2.50. The fourth-order valence-corrected chi connectivity index (χ4v) is 1.49. The van der Waals surface area contributed by atoms with Gasteiger partial charge in [0.15, 0.2) is 0 Å². The van der Waals surface area contributed by atoms with Gasteiger partial charge in [0.25, 0.3) is 0 Å². The van der Waals surface area contributed by atoms with Crippen LogP contribution in [0.25, 0.3) is 0 Å². The predicted octanol–water partition coefficient (Wildman–Crippen LogP) is 0.546. The molecule has 0 spiro atoms. The number of aliphatic hydroxyl groups is 1. The van der Waals surface area contributed by atoms with E-state index in [2.05, 4.69) is 9.97 Å². The zero-order chi connectivity index (χ0) is 10.2. The zero-order valence-corrected chi connectivity index (χ0v) is 7.47. The lowest BCUT2D eigenvalue weighted by Crippen LogP contribution is -2.35. The van der Waals surface area contributed by atoms with Gasteiger partial charge in [0.1, 0.15) is 5.60 Å². The molecule has 0 bridgehead atoms. The Balaban J connectivity index is 2.35. The van der Waals surface area contributed by atoms with Gasteiger partial charge in [-0.2, -0.15) is 0 Å². The molecular formula is C9H10N2O3. The maximum Gasteiger partial charge on any atom is 0.373 e. The third kappa shape index (κ3) is 1.35. The van der Waals surface area contributed by atoms with Crippen molar-refractivity contribution in [2.45, 2.75) is 24.9 Å². The number of rotatable bonds is 2. The number of carboxylic acid groups (broad SMARTS) is 1. The van der Waals surface area contributed by atoms with Gasteiger partial charge in [0, 0.05) is 6.20 Å². The molecular weight excluding hydrogens is 184 g/mol. The van der Waals surface area contributed by atoms with E-state index in [1.807, 2.05) is 0 Å². The molecule has 0 aliphatic heterocycles. The molecule has 1 fully saturated rings. The maximum absolute atomic E-state index is 10.6. The van der Waals surface area contributed by atoms with Crippen molar-refractivity contribution in [3.05, 3.63) is 23.8 Å². The Morgan fingerprint density at radius 1 is 1.50 bits per heavy atom. The van der Waals surface area contributed by atoms with Gasteiger partial charge in [-0.05, 0) is 25.3 Å². The van der Waals surface area contributed by atoms with Crippen LogP contribution in [-0.4, -0.2) is 26.2 Å². The van der Waals surface area contributed by atoms with Gasteiger partial charge in [-0.25, -0.2) is 14.8 Å². The maximum atomic E-state index is 10.6. The molecule has 2 rings (SSSR count). The molecule has 2 N–H and O–H groups in total. The van der Waals surface area contributed by atoms with E-state index in [0.29, 0.717) is 18.5 Å². The lowest BCUT2D eigenvalue weighted by atomic mass is 9.78. The highest BCUT2D eigenvalue weighted by Crippen LogP contribution is 2.39. The van der Waals surface area contributed by atoms with Crippen LogP contribution < -0.4 is 0 Å². The molecule has 0 saturated heterocycles. The van der Waals surface area contributed by atoms with E-state index in [4.69, 9.17) is 5.11 Å². The first-order chi connectivity index (χ1) is 6.62. The monoisotopic (exact) mass is 194 g/mol. The van der Waals surface area contributed by atoms with Crippen LogP contribution >= 0.6 is 0 Å². The van der Waals surface area contributed by atoms with Crippen molar-refractivity contribution < 1.29 is 15.0 Å². The highest BCUT2D eigenvalue weighted by molar-refractivity contribution is 5.82. The first-order valence-corrected chi connectivity index (χ1v) is 4.41. The molecule has 1 saturated carbocycles. The number of aromatic nitrogens is 2. The Hall–Kier alpha value is -1.49. The van der Waals surface area contributed by atoms with E-state index in [9.17, 15) is 9.90 Å². The highest BCUT2D eigenvalue weighted by atomic mass is 16.4. The number of carboxylic acids is 1. The molecule has 0 aromatic carbocycles. The van der Waals surface area contributed by atoms with Crippen molar-refractivity contribution in [3.63, 3.8) is 0 Å². The average Bonchev–Trinajstić information content (AvgIpc) is 2.14.